The highest BCUT2D eigenvalue weighted by Gasteiger charge is 2.31. The van der Waals surface area contributed by atoms with Gasteiger partial charge in [0.25, 0.3) is 0 Å². The van der Waals surface area contributed by atoms with Crippen LogP contribution < -0.4 is 19.7 Å². The van der Waals surface area contributed by atoms with Gasteiger partial charge in [0.05, 0.1) is 26.2 Å². The molecule has 3 rings (SSSR count). The number of nitrogens with one attached hydrogen (secondary N) is 1. The molecule has 2 aromatic rings. The predicted molar refractivity (Wildman–Crippen MR) is 103 cm³/mol. The molecule has 27 heavy (non-hydrogen) atoms. The van der Waals surface area contributed by atoms with Crippen LogP contribution in [0.25, 0.3) is 0 Å². The minimum absolute atomic E-state index is 0.00605. The molecule has 0 radical (unpaired) electrons. The predicted octanol–water partition coefficient (Wildman–Crippen LogP) is 2.56. The first kappa shape index (κ1) is 18.8. The summed E-state index contributed by atoms with van der Waals surface area (Å²) in [5.41, 5.74) is 1.72. The minimum Gasteiger partial charge on any atom is -0.497 e. The largest absolute Gasteiger partial charge is 0.497 e. The Morgan fingerprint density at radius 3 is 2.41 bits per heavy atom. The number of nitrogens with zero attached hydrogens (tertiary/aromatic N) is 1. The van der Waals surface area contributed by atoms with Gasteiger partial charge in [0, 0.05) is 18.7 Å². The van der Waals surface area contributed by atoms with Crippen LogP contribution in [0.15, 0.2) is 48.5 Å². The fourth-order valence-electron chi connectivity index (χ4n) is 3.15. The number of anilines is 1. The van der Waals surface area contributed by atoms with Gasteiger partial charge in [-0.3, -0.25) is 9.59 Å². The summed E-state index contributed by atoms with van der Waals surface area (Å²) >= 11 is 0. The summed E-state index contributed by atoms with van der Waals surface area (Å²) in [6.07, 6.45) is 0.584. The Bertz CT molecular complexity index is 787. The van der Waals surface area contributed by atoms with Gasteiger partial charge in [0.15, 0.2) is 0 Å². The Balaban J connectivity index is 1.54. The Morgan fingerprint density at radius 1 is 1.11 bits per heavy atom. The summed E-state index contributed by atoms with van der Waals surface area (Å²) in [5.74, 6) is 1.45. The lowest BCUT2D eigenvalue weighted by atomic mass is 10.1. The van der Waals surface area contributed by atoms with E-state index in [4.69, 9.17) is 9.47 Å². The van der Waals surface area contributed by atoms with Gasteiger partial charge >= 0.3 is 0 Å². The van der Waals surface area contributed by atoms with Gasteiger partial charge in [0.1, 0.15) is 11.5 Å². The Hall–Kier alpha value is -3.02. The van der Waals surface area contributed by atoms with Gasteiger partial charge in [-0.05, 0) is 48.9 Å². The fourth-order valence-corrected chi connectivity index (χ4v) is 3.15. The zero-order valence-corrected chi connectivity index (χ0v) is 15.6. The minimum atomic E-state index is -0.185. The topological polar surface area (TPSA) is 67.9 Å². The van der Waals surface area contributed by atoms with Gasteiger partial charge in [-0.2, -0.15) is 0 Å². The van der Waals surface area contributed by atoms with E-state index >= 15 is 0 Å². The van der Waals surface area contributed by atoms with Crippen LogP contribution in [-0.4, -0.2) is 38.1 Å². The van der Waals surface area contributed by atoms with Crippen molar-refractivity contribution in [3.05, 3.63) is 54.1 Å². The van der Waals surface area contributed by atoms with E-state index in [2.05, 4.69) is 5.32 Å². The standard InChI is InChI=1S/C21H24N2O4/c1-3-27-19-8-4-15(5-9-19)12-20(24)22-16-13-21(25)23(14-16)17-6-10-18(26-2)11-7-17/h4-11,16H,3,12-14H2,1-2H3,(H,22,24). The lowest BCUT2D eigenvalue weighted by Gasteiger charge is -2.17. The van der Waals surface area contributed by atoms with Crippen molar-refractivity contribution in [1.29, 1.82) is 0 Å². The van der Waals surface area contributed by atoms with Crippen molar-refractivity contribution in [1.82, 2.24) is 5.32 Å². The number of carbonyl (C=O) groups is 2. The third-order valence-corrected chi connectivity index (χ3v) is 4.47. The Labute approximate surface area is 159 Å². The molecule has 1 aliphatic rings. The second-order valence-electron chi connectivity index (χ2n) is 6.42. The fraction of sp³-hybridized carbons (Fsp3) is 0.333. The van der Waals surface area contributed by atoms with Crippen molar-refractivity contribution >= 4 is 17.5 Å². The van der Waals surface area contributed by atoms with Crippen molar-refractivity contribution in [3.8, 4) is 11.5 Å². The van der Waals surface area contributed by atoms with Crippen LogP contribution in [0.5, 0.6) is 11.5 Å². The van der Waals surface area contributed by atoms with Crippen molar-refractivity contribution in [3.63, 3.8) is 0 Å². The number of rotatable bonds is 7. The second kappa shape index (κ2) is 8.58. The van der Waals surface area contributed by atoms with E-state index in [9.17, 15) is 9.59 Å². The molecule has 1 saturated heterocycles. The molecule has 0 aromatic heterocycles. The molecule has 1 N–H and O–H groups in total. The molecule has 1 fully saturated rings. The van der Waals surface area contributed by atoms with Crippen molar-refractivity contribution in [2.75, 3.05) is 25.2 Å². The van der Waals surface area contributed by atoms with E-state index in [1.807, 2.05) is 55.5 Å². The van der Waals surface area contributed by atoms with E-state index in [1.54, 1.807) is 12.0 Å². The molecule has 1 aliphatic heterocycles. The van der Waals surface area contributed by atoms with Crippen LogP contribution >= 0.6 is 0 Å². The maximum atomic E-state index is 12.3. The lowest BCUT2D eigenvalue weighted by molar-refractivity contribution is -0.121. The molecule has 6 heteroatoms. The number of hydrogen-bond donors (Lipinski definition) is 1. The maximum Gasteiger partial charge on any atom is 0.229 e. The van der Waals surface area contributed by atoms with Crippen LogP contribution in [0, 0.1) is 0 Å². The molecular weight excluding hydrogens is 344 g/mol. The number of ether oxygens (including phenoxy) is 2. The molecule has 0 aliphatic carbocycles. The molecule has 0 spiro atoms. The SMILES string of the molecule is CCOc1ccc(CC(=O)NC2CC(=O)N(c3ccc(OC)cc3)C2)cc1. The molecule has 2 aromatic carbocycles. The van der Waals surface area contributed by atoms with Gasteiger partial charge in [-0.25, -0.2) is 0 Å². The normalized spacial score (nSPS) is 16.3. The summed E-state index contributed by atoms with van der Waals surface area (Å²) in [7, 11) is 1.60. The highest BCUT2D eigenvalue weighted by molar-refractivity contribution is 5.97. The summed E-state index contributed by atoms with van der Waals surface area (Å²) < 4.78 is 10.5. The quantitative estimate of drug-likeness (QED) is 0.816. The average Bonchev–Trinajstić information content (AvgIpc) is 3.03. The molecule has 0 saturated carbocycles. The lowest BCUT2D eigenvalue weighted by Crippen LogP contribution is -2.38. The third kappa shape index (κ3) is 4.78. The van der Waals surface area contributed by atoms with Crippen molar-refractivity contribution in [2.45, 2.75) is 25.8 Å². The van der Waals surface area contributed by atoms with Crippen LogP contribution in [0.3, 0.4) is 0 Å². The van der Waals surface area contributed by atoms with Gasteiger partial charge in [0.2, 0.25) is 11.8 Å². The van der Waals surface area contributed by atoms with E-state index in [0.717, 1.165) is 22.7 Å². The van der Waals surface area contributed by atoms with E-state index in [0.29, 0.717) is 19.6 Å². The summed E-state index contributed by atoms with van der Waals surface area (Å²) in [5, 5.41) is 2.96. The van der Waals surface area contributed by atoms with Crippen molar-refractivity contribution < 1.29 is 19.1 Å². The van der Waals surface area contributed by atoms with E-state index < -0.39 is 0 Å². The molecule has 1 unspecified atom stereocenters. The molecular formula is C21H24N2O4. The summed E-state index contributed by atoms with van der Waals surface area (Å²) in [6.45, 7) is 3.01. The number of amides is 2. The first-order chi connectivity index (χ1) is 13.1. The number of hydrogen-bond acceptors (Lipinski definition) is 4. The highest BCUT2D eigenvalue weighted by Crippen LogP contribution is 2.24. The van der Waals surface area contributed by atoms with E-state index in [1.165, 1.54) is 0 Å². The van der Waals surface area contributed by atoms with Crippen LogP contribution in [0.4, 0.5) is 5.69 Å². The number of methoxy groups -OCH3 is 1. The summed E-state index contributed by atoms with van der Waals surface area (Å²) in [6, 6.07) is 14.6. The van der Waals surface area contributed by atoms with Gasteiger partial charge in [-0.1, -0.05) is 12.1 Å². The summed E-state index contributed by atoms with van der Waals surface area (Å²) in [4.78, 5) is 26.3. The molecule has 2 amide bonds. The third-order valence-electron chi connectivity index (χ3n) is 4.47. The zero-order valence-electron chi connectivity index (χ0n) is 15.6. The van der Waals surface area contributed by atoms with E-state index in [-0.39, 0.29) is 24.3 Å². The second-order valence-corrected chi connectivity index (χ2v) is 6.42. The van der Waals surface area contributed by atoms with Gasteiger partial charge < -0.3 is 19.7 Å². The number of benzene rings is 2. The van der Waals surface area contributed by atoms with Crippen LogP contribution in [-0.2, 0) is 16.0 Å². The first-order valence-electron chi connectivity index (χ1n) is 9.04. The molecule has 1 heterocycles. The Morgan fingerprint density at radius 2 is 1.78 bits per heavy atom. The average molecular weight is 368 g/mol. The van der Waals surface area contributed by atoms with Crippen LogP contribution in [0.1, 0.15) is 18.9 Å². The Kier molecular flexibility index (Phi) is 5.96. The molecule has 142 valence electrons. The number of carbonyl (C=O) groups excluding carboxylic acids is 2. The van der Waals surface area contributed by atoms with Crippen molar-refractivity contribution in [2.24, 2.45) is 0 Å². The monoisotopic (exact) mass is 368 g/mol. The van der Waals surface area contributed by atoms with Gasteiger partial charge in [-0.15, -0.1) is 0 Å². The highest BCUT2D eigenvalue weighted by atomic mass is 16.5. The maximum absolute atomic E-state index is 12.3. The molecule has 1 atom stereocenters. The smallest absolute Gasteiger partial charge is 0.229 e. The van der Waals surface area contributed by atoms with Crippen LogP contribution in [0.2, 0.25) is 0 Å². The molecule has 0 bridgehead atoms. The molecule has 6 nitrogen and oxygen atoms in total. The first-order valence-corrected chi connectivity index (χ1v) is 9.04. The zero-order chi connectivity index (χ0) is 19.2.